The maximum Gasteiger partial charge on any atom is 0.248 e. The minimum absolute atomic E-state index is 0.303. The van der Waals surface area contributed by atoms with Gasteiger partial charge in [-0.05, 0) is 43.5 Å². The maximum absolute atomic E-state index is 12.9. The van der Waals surface area contributed by atoms with Crippen molar-refractivity contribution in [2.45, 2.75) is 19.3 Å². The first-order valence-corrected chi connectivity index (χ1v) is 7.03. The Kier molecular flexibility index (Phi) is 3.85. The summed E-state index contributed by atoms with van der Waals surface area (Å²) in [6, 6.07) is 5.74. The van der Waals surface area contributed by atoms with Gasteiger partial charge in [0.25, 0.3) is 0 Å². The molecule has 110 valence electrons. The Bertz CT molecular complexity index is 612. The second-order valence-electron chi connectivity index (χ2n) is 5.02. The monoisotopic (exact) mass is 288 g/mol. The second-order valence-corrected chi connectivity index (χ2v) is 5.02. The number of piperidine rings is 1. The van der Waals surface area contributed by atoms with Crippen LogP contribution in [-0.4, -0.2) is 23.1 Å². The Morgan fingerprint density at radius 2 is 1.76 bits per heavy atom. The first-order chi connectivity index (χ1) is 10.2. The number of nitrogens with zero attached hydrogens (tertiary/aromatic N) is 3. The fraction of sp³-hybridized carbons (Fsp3) is 0.333. The lowest BCUT2D eigenvalue weighted by Crippen LogP contribution is -2.31. The molecule has 5 nitrogen and oxygen atoms in total. The van der Waals surface area contributed by atoms with Gasteiger partial charge in [-0.3, -0.25) is 0 Å². The molecule has 21 heavy (non-hydrogen) atoms. The molecule has 0 aliphatic carbocycles. The maximum atomic E-state index is 12.9. The molecule has 0 atom stereocenters. The van der Waals surface area contributed by atoms with E-state index in [2.05, 4.69) is 14.9 Å². The number of aromatic nitrogens is 2. The molecule has 1 aromatic heterocycles. The molecule has 0 radical (unpaired) electrons. The summed E-state index contributed by atoms with van der Waals surface area (Å²) >= 11 is 0. The molecule has 6 heteroatoms. The van der Waals surface area contributed by atoms with Crippen LogP contribution in [0.5, 0.6) is 11.6 Å². The molecule has 0 spiro atoms. The highest BCUT2D eigenvalue weighted by molar-refractivity contribution is 5.68. The summed E-state index contributed by atoms with van der Waals surface area (Å²) in [4.78, 5) is 10.5. The smallest absolute Gasteiger partial charge is 0.248 e. The van der Waals surface area contributed by atoms with E-state index in [1.54, 1.807) is 0 Å². The highest BCUT2D eigenvalue weighted by Crippen LogP contribution is 2.32. The van der Waals surface area contributed by atoms with E-state index in [1.807, 2.05) is 0 Å². The number of hydrogen-bond donors (Lipinski definition) is 1. The lowest BCUT2D eigenvalue weighted by Gasteiger charge is -2.28. The van der Waals surface area contributed by atoms with E-state index in [0.29, 0.717) is 23.1 Å². The average molecular weight is 288 g/mol. The Balaban J connectivity index is 1.84. The van der Waals surface area contributed by atoms with Gasteiger partial charge in [0.05, 0.1) is 0 Å². The molecule has 2 aromatic rings. The van der Waals surface area contributed by atoms with Gasteiger partial charge < -0.3 is 15.4 Å². The van der Waals surface area contributed by atoms with Crippen LogP contribution < -0.4 is 15.4 Å². The topological polar surface area (TPSA) is 64.3 Å². The highest BCUT2D eigenvalue weighted by atomic mass is 19.1. The van der Waals surface area contributed by atoms with E-state index in [4.69, 9.17) is 10.5 Å². The van der Waals surface area contributed by atoms with Gasteiger partial charge in [-0.25, -0.2) is 9.37 Å². The molecular formula is C15H17FN4O. The van der Waals surface area contributed by atoms with E-state index in [0.717, 1.165) is 25.9 Å². The quantitative estimate of drug-likeness (QED) is 0.940. The summed E-state index contributed by atoms with van der Waals surface area (Å²) in [6.45, 7) is 1.88. The molecule has 0 bridgehead atoms. The second kappa shape index (κ2) is 5.95. The molecule has 3 rings (SSSR count). The number of anilines is 2. The number of benzene rings is 1. The van der Waals surface area contributed by atoms with Crippen LogP contribution in [0.25, 0.3) is 0 Å². The zero-order valence-corrected chi connectivity index (χ0v) is 11.6. The van der Waals surface area contributed by atoms with Gasteiger partial charge in [-0.1, -0.05) is 0 Å². The summed E-state index contributed by atoms with van der Waals surface area (Å²) in [6.07, 6.45) is 4.95. The third-order valence-electron chi connectivity index (χ3n) is 3.51. The third kappa shape index (κ3) is 3.04. The molecule has 2 N–H and O–H groups in total. The molecule has 1 aromatic carbocycles. The number of hydrogen-bond acceptors (Lipinski definition) is 5. The number of nitrogens with two attached hydrogens (primary N) is 1. The van der Waals surface area contributed by atoms with Crippen molar-refractivity contribution in [3.63, 3.8) is 0 Å². The lowest BCUT2D eigenvalue weighted by atomic mass is 10.1. The van der Waals surface area contributed by atoms with Crippen LogP contribution in [0.1, 0.15) is 19.3 Å². The number of halogens is 1. The van der Waals surface area contributed by atoms with E-state index >= 15 is 0 Å². The Morgan fingerprint density at radius 3 is 2.48 bits per heavy atom. The summed E-state index contributed by atoms with van der Waals surface area (Å²) in [7, 11) is 0. The van der Waals surface area contributed by atoms with Crippen LogP contribution in [0.2, 0.25) is 0 Å². The first-order valence-electron chi connectivity index (χ1n) is 7.03. The molecule has 2 heterocycles. The van der Waals surface area contributed by atoms with E-state index in [-0.39, 0.29) is 5.82 Å². The molecule has 0 amide bonds. The van der Waals surface area contributed by atoms with Crippen LogP contribution >= 0.6 is 0 Å². The minimum atomic E-state index is -0.313. The molecule has 1 saturated heterocycles. The predicted molar refractivity (Wildman–Crippen MR) is 79.0 cm³/mol. The molecule has 1 aliphatic rings. The highest BCUT2D eigenvalue weighted by Gasteiger charge is 2.18. The zero-order valence-electron chi connectivity index (χ0n) is 11.6. The summed E-state index contributed by atoms with van der Waals surface area (Å²) in [5, 5.41) is 0. The van der Waals surface area contributed by atoms with E-state index in [9.17, 15) is 4.39 Å². The first kappa shape index (κ1) is 13.6. The van der Waals surface area contributed by atoms with Gasteiger partial charge in [0, 0.05) is 13.1 Å². The standard InChI is InChI=1S/C15H17FN4O/c16-11-4-6-12(7-5-11)21-15-13(17)14(18-10-19-15)20-8-2-1-3-9-20/h4-7,10H,1-3,8-9,17H2. The Labute approximate surface area is 122 Å². The summed E-state index contributed by atoms with van der Waals surface area (Å²) in [5.74, 6) is 1.19. The van der Waals surface area contributed by atoms with Crippen molar-refractivity contribution in [3.05, 3.63) is 36.4 Å². The van der Waals surface area contributed by atoms with Crippen molar-refractivity contribution in [1.29, 1.82) is 0 Å². The number of nitrogen functional groups attached to an aromatic ring is 1. The van der Waals surface area contributed by atoms with Crippen LogP contribution in [0.3, 0.4) is 0 Å². The van der Waals surface area contributed by atoms with E-state index < -0.39 is 0 Å². The van der Waals surface area contributed by atoms with Crippen LogP contribution in [0.4, 0.5) is 15.9 Å². The normalized spacial score (nSPS) is 15.0. The van der Waals surface area contributed by atoms with Crippen molar-refractivity contribution in [1.82, 2.24) is 9.97 Å². The van der Waals surface area contributed by atoms with E-state index in [1.165, 1.54) is 37.0 Å². The van der Waals surface area contributed by atoms with Crippen LogP contribution in [-0.2, 0) is 0 Å². The van der Waals surface area contributed by atoms with Crippen molar-refractivity contribution >= 4 is 11.5 Å². The van der Waals surface area contributed by atoms with Crippen molar-refractivity contribution in [2.24, 2.45) is 0 Å². The molecule has 1 aliphatic heterocycles. The zero-order chi connectivity index (χ0) is 14.7. The molecule has 1 fully saturated rings. The van der Waals surface area contributed by atoms with Crippen molar-refractivity contribution in [3.8, 4) is 11.6 Å². The molecule has 0 unspecified atom stereocenters. The van der Waals surface area contributed by atoms with Gasteiger partial charge in [0.1, 0.15) is 23.6 Å². The minimum Gasteiger partial charge on any atom is -0.437 e. The average Bonchev–Trinajstić information content (AvgIpc) is 2.52. The Hall–Kier alpha value is -2.37. The van der Waals surface area contributed by atoms with Crippen molar-refractivity contribution in [2.75, 3.05) is 23.7 Å². The van der Waals surface area contributed by atoms with Gasteiger partial charge in [0.2, 0.25) is 5.88 Å². The summed E-state index contributed by atoms with van der Waals surface area (Å²) in [5.41, 5.74) is 6.55. The third-order valence-corrected chi connectivity index (χ3v) is 3.51. The largest absolute Gasteiger partial charge is 0.437 e. The SMILES string of the molecule is Nc1c(Oc2ccc(F)cc2)ncnc1N1CCCCC1. The van der Waals surface area contributed by atoms with Crippen molar-refractivity contribution < 1.29 is 9.13 Å². The molecular weight excluding hydrogens is 271 g/mol. The predicted octanol–water partition coefficient (Wildman–Crippen LogP) is 2.98. The number of ether oxygens (including phenoxy) is 1. The Morgan fingerprint density at radius 1 is 1.05 bits per heavy atom. The van der Waals surface area contributed by atoms with Gasteiger partial charge in [-0.15, -0.1) is 0 Å². The van der Waals surface area contributed by atoms with Crippen LogP contribution in [0, 0.1) is 5.82 Å². The summed E-state index contributed by atoms with van der Waals surface area (Å²) < 4.78 is 18.5. The van der Waals surface area contributed by atoms with Crippen LogP contribution in [0.15, 0.2) is 30.6 Å². The van der Waals surface area contributed by atoms with Gasteiger partial charge >= 0.3 is 0 Å². The number of rotatable bonds is 3. The lowest BCUT2D eigenvalue weighted by molar-refractivity contribution is 0.461. The van der Waals surface area contributed by atoms with Gasteiger partial charge in [-0.2, -0.15) is 4.98 Å². The fourth-order valence-electron chi connectivity index (χ4n) is 2.42. The molecule has 0 saturated carbocycles. The van der Waals surface area contributed by atoms with Gasteiger partial charge in [0.15, 0.2) is 5.82 Å². The fourth-order valence-corrected chi connectivity index (χ4v) is 2.42.